The summed E-state index contributed by atoms with van der Waals surface area (Å²) in [5.74, 6) is -0.126. The molecule has 3 heterocycles. The molecule has 3 aliphatic heterocycles. The lowest BCUT2D eigenvalue weighted by Gasteiger charge is -2.39. The molecule has 188 valence electrons. The van der Waals surface area contributed by atoms with Crippen LogP contribution in [0, 0.1) is 23.5 Å². The number of hydrogen-bond acceptors (Lipinski definition) is 7. The Hall–Kier alpha value is -2.43. The SMILES string of the molecule is CC(C)C1NOC(C2CCN(C3NN(C)c4c(-c5ccc(C=O)c(F)c5)cc(F)cc43)CC2)N1C. The Morgan fingerprint density at radius 3 is 2.49 bits per heavy atom. The highest BCUT2D eigenvalue weighted by Crippen LogP contribution is 2.43. The van der Waals surface area contributed by atoms with Gasteiger partial charge in [0.25, 0.3) is 0 Å². The van der Waals surface area contributed by atoms with Gasteiger partial charge in [-0.3, -0.25) is 19.4 Å². The van der Waals surface area contributed by atoms with E-state index in [0.717, 1.165) is 37.2 Å². The second-order valence-corrected chi connectivity index (χ2v) is 10.2. The van der Waals surface area contributed by atoms with Crippen LogP contribution in [0.15, 0.2) is 30.3 Å². The van der Waals surface area contributed by atoms with Crippen LogP contribution < -0.4 is 15.9 Å². The maximum absolute atomic E-state index is 14.8. The molecule has 3 unspecified atom stereocenters. The molecular weight excluding hydrogens is 452 g/mol. The lowest BCUT2D eigenvalue weighted by Crippen LogP contribution is -2.48. The predicted octanol–water partition coefficient (Wildman–Crippen LogP) is 3.88. The van der Waals surface area contributed by atoms with Crippen molar-refractivity contribution in [2.24, 2.45) is 11.8 Å². The Bertz CT molecular complexity index is 1110. The summed E-state index contributed by atoms with van der Waals surface area (Å²) in [6.07, 6.45) is 2.51. The molecule has 2 aromatic rings. The molecule has 0 aliphatic carbocycles. The number of anilines is 1. The Labute approximate surface area is 204 Å². The second kappa shape index (κ2) is 9.55. The third-order valence-electron chi connectivity index (χ3n) is 7.61. The first kappa shape index (κ1) is 24.3. The summed E-state index contributed by atoms with van der Waals surface area (Å²) in [5, 5.41) is 1.89. The molecular formula is C26H33F2N5O2. The third-order valence-corrected chi connectivity index (χ3v) is 7.61. The van der Waals surface area contributed by atoms with Gasteiger partial charge in [-0.15, -0.1) is 0 Å². The van der Waals surface area contributed by atoms with Gasteiger partial charge < -0.3 is 5.01 Å². The fourth-order valence-corrected chi connectivity index (χ4v) is 5.77. The monoisotopic (exact) mass is 485 g/mol. The number of benzene rings is 2. The number of likely N-dealkylation sites (tertiary alicyclic amines) is 1. The van der Waals surface area contributed by atoms with Crippen molar-refractivity contribution < 1.29 is 18.4 Å². The molecule has 9 heteroatoms. The highest BCUT2D eigenvalue weighted by molar-refractivity contribution is 5.84. The van der Waals surface area contributed by atoms with E-state index in [2.05, 4.69) is 41.6 Å². The molecule has 2 aromatic carbocycles. The minimum absolute atomic E-state index is 0.0131. The molecule has 7 nitrogen and oxygen atoms in total. The van der Waals surface area contributed by atoms with Gasteiger partial charge in [0.15, 0.2) is 6.29 Å². The molecule has 0 radical (unpaired) electrons. The van der Waals surface area contributed by atoms with Crippen molar-refractivity contribution >= 4 is 12.0 Å². The lowest BCUT2D eigenvalue weighted by molar-refractivity contribution is -0.0614. The van der Waals surface area contributed by atoms with Gasteiger partial charge in [-0.05, 0) is 55.6 Å². The van der Waals surface area contributed by atoms with Gasteiger partial charge in [0.2, 0.25) is 0 Å². The van der Waals surface area contributed by atoms with Crippen molar-refractivity contribution in [2.45, 2.75) is 45.2 Å². The van der Waals surface area contributed by atoms with Crippen molar-refractivity contribution in [1.82, 2.24) is 20.7 Å². The quantitative estimate of drug-likeness (QED) is 0.624. The number of hydrogen-bond donors (Lipinski definition) is 2. The van der Waals surface area contributed by atoms with Gasteiger partial charge in [-0.2, -0.15) is 5.48 Å². The van der Waals surface area contributed by atoms with E-state index < -0.39 is 5.82 Å². The number of rotatable bonds is 5. The minimum atomic E-state index is -0.615. The van der Waals surface area contributed by atoms with Crippen LogP contribution in [0.5, 0.6) is 0 Å². The summed E-state index contributed by atoms with van der Waals surface area (Å²) >= 11 is 0. The summed E-state index contributed by atoms with van der Waals surface area (Å²) < 4.78 is 29.1. The van der Waals surface area contributed by atoms with Crippen LogP contribution in [0.25, 0.3) is 11.1 Å². The van der Waals surface area contributed by atoms with Gasteiger partial charge >= 0.3 is 0 Å². The van der Waals surface area contributed by atoms with E-state index in [1.807, 2.05) is 12.1 Å². The van der Waals surface area contributed by atoms with E-state index in [0.29, 0.717) is 29.2 Å². The number of hydroxylamine groups is 1. The largest absolute Gasteiger partial charge is 0.309 e. The van der Waals surface area contributed by atoms with E-state index in [1.54, 1.807) is 12.1 Å². The second-order valence-electron chi connectivity index (χ2n) is 10.2. The molecule has 3 atom stereocenters. The topological polar surface area (TPSA) is 60.1 Å². The van der Waals surface area contributed by atoms with Crippen LogP contribution in [-0.4, -0.2) is 55.7 Å². The number of carbonyl (C=O) groups excluding carboxylic acids is 1. The standard InChI is InChI=1S/C26H33F2N5O2/c1-15(2)24-30-35-26(31(24)3)16-7-9-33(10-8-16)25-21-13-19(27)12-20(23(21)32(4)29-25)17-5-6-18(14-34)22(28)11-17/h5-6,11-16,24-26,29-30H,7-10H2,1-4H3. The maximum Gasteiger partial charge on any atom is 0.152 e. The average Bonchev–Trinajstić information content (AvgIpc) is 3.38. The first-order chi connectivity index (χ1) is 16.8. The fraction of sp³-hybridized carbons (Fsp3) is 0.500. The summed E-state index contributed by atoms with van der Waals surface area (Å²) in [6, 6.07) is 7.37. The molecule has 35 heavy (non-hydrogen) atoms. The van der Waals surface area contributed by atoms with Crippen LogP contribution in [0.4, 0.5) is 14.5 Å². The van der Waals surface area contributed by atoms with Gasteiger partial charge in [0.05, 0.1) is 17.4 Å². The smallest absolute Gasteiger partial charge is 0.152 e. The molecule has 0 aromatic heterocycles. The number of piperidine rings is 1. The summed E-state index contributed by atoms with van der Waals surface area (Å²) in [6.45, 7) is 6.07. The number of carbonyl (C=O) groups is 1. The highest BCUT2D eigenvalue weighted by Gasteiger charge is 2.41. The normalized spacial score (nSPS) is 26.0. The lowest BCUT2D eigenvalue weighted by atomic mass is 9.92. The van der Waals surface area contributed by atoms with E-state index in [9.17, 15) is 13.6 Å². The van der Waals surface area contributed by atoms with Crippen LogP contribution >= 0.6 is 0 Å². The number of fused-ring (bicyclic) bond motifs is 1. The Balaban J connectivity index is 1.36. The predicted molar refractivity (Wildman–Crippen MR) is 130 cm³/mol. The number of halogens is 2. The van der Waals surface area contributed by atoms with Crippen LogP contribution in [-0.2, 0) is 4.84 Å². The number of aldehydes is 1. The van der Waals surface area contributed by atoms with Gasteiger partial charge in [0, 0.05) is 37.2 Å². The Kier molecular flexibility index (Phi) is 6.63. The van der Waals surface area contributed by atoms with Crippen LogP contribution in [0.3, 0.4) is 0 Å². The summed E-state index contributed by atoms with van der Waals surface area (Å²) in [7, 11) is 4.00. The number of nitrogens with one attached hydrogen (secondary N) is 2. The van der Waals surface area contributed by atoms with Gasteiger partial charge in [-0.1, -0.05) is 19.9 Å². The fourth-order valence-electron chi connectivity index (χ4n) is 5.77. The molecule has 2 fully saturated rings. The van der Waals surface area contributed by atoms with Crippen LogP contribution in [0.1, 0.15) is 48.8 Å². The van der Waals surface area contributed by atoms with E-state index >= 15 is 0 Å². The van der Waals surface area contributed by atoms with E-state index in [-0.39, 0.29) is 29.9 Å². The van der Waals surface area contributed by atoms with Crippen molar-refractivity contribution in [1.29, 1.82) is 0 Å². The zero-order valence-corrected chi connectivity index (χ0v) is 20.6. The zero-order valence-electron chi connectivity index (χ0n) is 20.6. The first-order valence-corrected chi connectivity index (χ1v) is 12.2. The van der Waals surface area contributed by atoms with Crippen LogP contribution in [0.2, 0.25) is 0 Å². The van der Waals surface area contributed by atoms with Crippen molar-refractivity contribution in [3.8, 4) is 11.1 Å². The Morgan fingerprint density at radius 1 is 1.11 bits per heavy atom. The zero-order chi connectivity index (χ0) is 24.9. The van der Waals surface area contributed by atoms with E-state index in [1.165, 1.54) is 18.2 Å². The van der Waals surface area contributed by atoms with Crippen molar-refractivity contribution in [3.63, 3.8) is 0 Å². The average molecular weight is 486 g/mol. The number of nitrogens with zero attached hydrogens (tertiary/aromatic N) is 3. The number of hydrazine groups is 1. The molecule has 0 bridgehead atoms. The molecule has 0 spiro atoms. The molecule has 2 N–H and O–H groups in total. The van der Waals surface area contributed by atoms with Gasteiger partial charge in [0.1, 0.15) is 24.0 Å². The highest BCUT2D eigenvalue weighted by atomic mass is 19.1. The molecule has 5 rings (SSSR count). The molecule has 0 amide bonds. The van der Waals surface area contributed by atoms with Crippen molar-refractivity contribution in [3.05, 3.63) is 53.1 Å². The third kappa shape index (κ3) is 4.36. The first-order valence-electron chi connectivity index (χ1n) is 12.2. The van der Waals surface area contributed by atoms with Crippen molar-refractivity contribution in [2.75, 3.05) is 32.2 Å². The minimum Gasteiger partial charge on any atom is -0.309 e. The maximum atomic E-state index is 14.8. The molecule has 0 saturated carbocycles. The molecule has 2 saturated heterocycles. The van der Waals surface area contributed by atoms with E-state index in [4.69, 9.17) is 4.84 Å². The summed E-state index contributed by atoms with van der Waals surface area (Å²) in [5.41, 5.74) is 9.41. The summed E-state index contributed by atoms with van der Waals surface area (Å²) in [4.78, 5) is 21.6. The van der Waals surface area contributed by atoms with Gasteiger partial charge in [-0.25, -0.2) is 14.2 Å². The Morgan fingerprint density at radius 2 is 1.86 bits per heavy atom. The molecule has 3 aliphatic rings.